The third-order valence-corrected chi connectivity index (χ3v) is 5.16. The Balaban J connectivity index is 1.61. The summed E-state index contributed by atoms with van der Waals surface area (Å²) in [6.45, 7) is 0. The van der Waals surface area contributed by atoms with Crippen molar-refractivity contribution in [1.29, 1.82) is 0 Å². The zero-order valence-electron chi connectivity index (χ0n) is 14.8. The molecule has 0 aliphatic rings. The van der Waals surface area contributed by atoms with Crippen LogP contribution in [0, 0.1) is 0 Å². The van der Waals surface area contributed by atoms with Gasteiger partial charge in [0.05, 0.1) is 10.9 Å². The molecule has 5 aromatic rings. The maximum absolute atomic E-state index is 12.3. The highest BCUT2D eigenvalue weighted by Crippen LogP contribution is 2.29. The average molecular weight is 350 g/mol. The number of aromatic amines is 1. The third-order valence-electron chi connectivity index (χ3n) is 5.16. The monoisotopic (exact) mass is 350 g/mol. The third kappa shape index (κ3) is 2.77. The molecule has 3 nitrogen and oxygen atoms in total. The van der Waals surface area contributed by atoms with Gasteiger partial charge >= 0.3 is 0 Å². The Morgan fingerprint density at radius 3 is 2.00 bits per heavy atom. The van der Waals surface area contributed by atoms with Crippen molar-refractivity contribution >= 4 is 32.4 Å². The predicted molar refractivity (Wildman–Crippen MR) is 111 cm³/mol. The van der Waals surface area contributed by atoms with Crippen LogP contribution in [-0.2, 0) is 12.8 Å². The van der Waals surface area contributed by atoms with Crippen LogP contribution < -0.4 is 5.56 Å². The molecule has 0 radical (unpaired) electrons. The molecule has 0 unspecified atom stereocenters. The van der Waals surface area contributed by atoms with Crippen molar-refractivity contribution in [3.05, 3.63) is 101 Å². The number of benzene rings is 4. The van der Waals surface area contributed by atoms with Crippen molar-refractivity contribution in [2.24, 2.45) is 0 Å². The summed E-state index contributed by atoms with van der Waals surface area (Å²) in [5, 5.41) is 5.65. The Morgan fingerprint density at radius 1 is 0.704 bits per heavy atom. The topological polar surface area (TPSA) is 45.8 Å². The number of hydrogen-bond donors (Lipinski definition) is 1. The van der Waals surface area contributed by atoms with Crippen LogP contribution in [0.1, 0.15) is 11.4 Å². The van der Waals surface area contributed by atoms with E-state index < -0.39 is 0 Å². The first-order chi connectivity index (χ1) is 13.3. The number of rotatable bonds is 3. The molecule has 0 atom stereocenters. The van der Waals surface area contributed by atoms with Crippen LogP contribution in [0.3, 0.4) is 0 Å². The fourth-order valence-electron chi connectivity index (χ4n) is 3.87. The van der Waals surface area contributed by atoms with Crippen LogP contribution in [0.25, 0.3) is 32.4 Å². The van der Waals surface area contributed by atoms with E-state index in [-0.39, 0.29) is 5.56 Å². The lowest BCUT2D eigenvalue weighted by atomic mass is 9.94. The standard InChI is InChI=1S/C24H18N2O/c27-24-21-11-5-6-12-22(21)25-23(26-24)14-13-20-18-9-3-1-7-16(18)15-17-8-2-4-10-19(17)20/h1-12,15H,13-14H2,(H,25,26,27). The molecular weight excluding hydrogens is 332 g/mol. The molecule has 0 aliphatic heterocycles. The average Bonchev–Trinajstić information content (AvgIpc) is 2.71. The van der Waals surface area contributed by atoms with Crippen molar-refractivity contribution in [2.75, 3.05) is 0 Å². The summed E-state index contributed by atoms with van der Waals surface area (Å²) in [6, 6.07) is 26.7. The fourth-order valence-corrected chi connectivity index (χ4v) is 3.87. The number of fused-ring (bicyclic) bond motifs is 3. The number of nitrogens with one attached hydrogen (secondary N) is 1. The molecule has 0 saturated carbocycles. The van der Waals surface area contributed by atoms with Gasteiger partial charge in [0, 0.05) is 6.42 Å². The molecule has 27 heavy (non-hydrogen) atoms. The van der Waals surface area contributed by atoms with Gasteiger partial charge in [0.2, 0.25) is 0 Å². The second-order valence-electron chi connectivity index (χ2n) is 6.83. The van der Waals surface area contributed by atoms with E-state index in [0.29, 0.717) is 11.8 Å². The highest BCUT2D eigenvalue weighted by atomic mass is 16.1. The van der Waals surface area contributed by atoms with Gasteiger partial charge in [-0.1, -0.05) is 60.7 Å². The summed E-state index contributed by atoms with van der Waals surface area (Å²) in [5.41, 5.74) is 1.98. The van der Waals surface area contributed by atoms with Crippen molar-refractivity contribution in [3.63, 3.8) is 0 Å². The van der Waals surface area contributed by atoms with Gasteiger partial charge in [0.1, 0.15) is 5.82 Å². The molecule has 0 spiro atoms. The van der Waals surface area contributed by atoms with E-state index in [9.17, 15) is 4.79 Å². The summed E-state index contributed by atoms with van der Waals surface area (Å²) in [5.74, 6) is 0.732. The minimum atomic E-state index is -0.0709. The smallest absolute Gasteiger partial charge is 0.258 e. The van der Waals surface area contributed by atoms with Gasteiger partial charge in [0.15, 0.2) is 0 Å². The fraction of sp³-hybridized carbons (Fsp3) is 0.0833. The Morgan fingerprint density at radius 2 is 1.30 bits per heavy atom. The van der Waals surface area contributed by atoms with Gasteiger partial charge in [-0.05, 0) is 51.7 Å². The van der Waals surface area contributed by atoms with E-state index in [2.05, 4.69) is 64.6 Å². The summed E-state index contributed by atoms with van der Waals surface area (Å²) >= 11 is 0. The van der Waals surface area contributed by atoms with E-state index in [1.807, 2.05) is 24.3 Å². The highest BCUT2D eigenvalue weighted by molar-refractivity contribution is 6.02. The van der Waals surface area contributed by atoms with Crippen LogP contribution in [-0.4, -0.2) is 9.97 Å². The van der Waals surface area contributed by atoms with Crippen LogP contribution in [0.4, 0.5) is 0 Å². The minimum absolute atomic E-state index is 0.0709. The molecule has 3 heteroatoms. The van der Waals surface area contributed by atoms with Crippen LogP contribution in [0.5, 0.6) is 0 Å². The minimum Gasteiger partial charge on any atom is -0.310 e. The number of H-pyrrole nitrogens is 1. The zero-order chi connectivity index (χ0) is 18.2. The van der Waals surface area contributed by atoms with Gasteiger partial charge in [-0.2, -0.15) is 0 Å². The molecule has 130 valence electrons. The van der Waals surface area contributed by atoms with E-state index in [1.54, 1.807) is 0 Å². The van der Waals surface area contributed by atoms with E-state index >= 15 is 0 Å². The number of aryl methyl sites for hydroxylation is 2. The lowest BCUT2D eigenvalue weighted by Gasteiger charge is -2.11. The number of para-hydroxylation sites is 1. The normalized spacial score (nSPS) is 11.4. The van der Waals surface area contributed by atoms with Crippen LogP contribution >= 0.6 is 0 Å². The van der Waals surface area contributed by atoms with Gasteiger partial charge < -0.3 is 4.98 Å². The second-order valence-corrected chi connectivity index (χ2v) is 6.83. The molecule has 0 fully saturated rings. The van der Waals surface area contributed by atoms with Gasteiger partial charge in [-0.15, -0.1) is 0 Å². The van der Waals surface area contributed by atoms with Crippen molar-refractivity contribution < 1.29 is 0 Å². The highest BCUT2D eigenvalue weighted by Gasteiger charge is 2.09. The van der Waals surface area contributed by atoms with Crippen LogP contribution in [0.2, 0.25) is 0 Å². The van der Waals surface area contributed by atoms with Crippen molar-refractivity contribution in [1.82, 2.24) is 9.97 Å². The quantitative estimate of drug-likeness (QED) is 0.465. The Labute approximate surface area is 156 Å². The molecule has 1 aromatic heterocycles. The lowest BCUT2D eigenvalue weighted by molar-refractivity contribution is 0.869. The molecular formula is C24H18N2O. The molecule has 4 aromatic carbocycles. The Bertz CT molecular complexity index is 1300. The van der Waals surface area contributed by atoms with Gasteiger partial charge in [-0.25, -0.2) is 4.98 Å². The first-order valence-electron chi connectivity index (χ1n) is 9.17. The molecule has 0 amide bonds. The number of aromatic nitrogens is 2. The van der Waals surface area contributed by atoms with Gasteiger partial charge in [-0.3, -0.25) is 4.79 Å². The van der Waals surface area contributed by atoms with Crippen molar-refractivity contribution in [2.45, 2.75) is 12.8 Å². The Hall–Kier alpha value is -3.46. The maximum Gasteiger partial charge on any atom is 0.258 e. The first-order valence-corrected chi connectivity index (χ1v) is 9.17. The van der Waals surface area contributed by atoms with E-state index in [1.165, 1.54) is 27.1 Å². The molecule has 0 saturated heterocycles. The number of nitrogens with zero attached hydrogens (tertiary/aromatic N) is 1. The zero-order valence-corrected chi connectivity index (χ0v) is 14.8. The molecule has 1 N–H and O–H groups in total. The van der Waals surface area contributed by atoms with E-state index in [4.69, 9.17) is 0 Å². The summed E-state index contributed by atoms with van der Waals surface area (Å²) < 4.78 is 0. The summed E-state index contributed by atoms with van der Waals surface area (Å²) in [4.78, 5) is 19.9. The van der Waals surface area contributed by atoms with Gasteiger partial charge in [0.25, 0.3) is 5.56 Å². The molecule has 0 bridgehead atoms. The first kappa shape index (κ1) is 15.8. The van der Waals surface area contributed by atoms with E-state index in [0.717, 1.165) is 17.8 Å². The second kappa shape index (κ2) is 6.36. The SMILES string of the molecule is O=c1[nH]c(CCc2c3ccccc3cc3ccccc23)nc2ccccc12. The predicted octanol–water partition coefficient (Wildman–Crippen LogP) is 5.01. The maximum atomic E-state index is 12.3. The number of hydrogen-bond acceptors (Lipinski definition) is 2. The molecule has 0 aliphatic carbocycles. The molecule has 1 heterocycles. The summed E-state index contributed by atoms with van der Waals surface area (Å²) in [6.07, 6.45) is 1.52. The lowest BCUT2D eigenvalue weighted by Crippen LogP contribution is -2.12. The van der Waals surface area contributed by atoms with Crippen molar-refractivity contribution in [3.8, 4) is 0 Å². The molecule has 5 rings (SSSR count). The largest absolute Gasteiger partial charge is 0.310 e. The Kier molecular flexibility index (Phi) is 3.72. The van der Waals surface area contributed by atoms with Crippen LogP contribution in [0.15, 0.2) is 83.7 Å². The summed E-state index contributed by atoms with van der Waals surface area (Å²) in [7, 11) is 0.